The van der Waals surface area contributed by atoms with E-state index in [1.165, 1.54) is 18.9 Å². The van der Waals surface area contributed by atoms with Crippen molar-refractivity contribution in [3.05, 3.63) is 35.4 Å². The molecule has 114 valence electrons. The third-order valence-corrected chi connectivity index (χ3v) is 3.89. The lowest BCUT2D eigenvalue weighted by Crippen LogP contribution is -2.38. The maximum atomic E-state index is 13.7. The first-order valence-electron chi connectivity index (χ1n) is 7.51. The predicted molar refractivity (Wildman–Crippen MR) is 79.1 cm³/mol. The van der Waals surface area contributed by atoms with Crippen LogP contribution in [0.2, 0.25) is 0 Å². The molecule has 0 aliphatic carbocycles. The number of nitrogens with two attached hydrogens (primary N) is 1. The Morgan fingerprint density at radius 2 is 2.00 bits per heavy atom. The Kier molecular flexibility index (Phi) is 7.70. The normalized spacial score (nSPS) is 14.2. The van der Waals surface area contributed by atoms with Gasteiger partial charge in [-0.05, 0) is 30.4 Å². The summed E-state index contributed by atoms with van der Waals surface area (Å²) >= 11 is 0. The fourth-order valence-electron chi connectivity index (χ4n) is 2.57. The molecule has 0 fully saturated rings. The SMILES string of the molecule is CCCCC(CC)CC(Cc1cccc(F)c1F)NN. The molecule has 3 N–H and O–H groups in total. The monoisotopic (exact) mass is 284 g/mol. The van der Waals surface area contributed by atoms with Crippen LogP contribution in [0.4, 0.5) is 8.78 Å². The van der Waals surface area contributed by atoms with Gasteiger partial charge in [0.1, 0.15) is 0 Å². The first kappa shape index (κ1) is 17.1. The average molecular weight is 284 g/mol. The summed E-state index contributed by atoms with van der Waals surface area (Å²) in [6.45, 7) is 4.34. The van der Waals surface area contributed by atoms with E-state index in [0.29, 0.717) is 17.9 Å². The average Bonchev–Trinajstić information content (AvgIpc) is 2.46. The van der Waals surface area contributed by atoms with Gasteiger partial charge in [-0.1, -0.05) is 51.7 Å². The molecule has 0 bridgehead atoms. The molecule has 0 radical (unpaired) electrons. The van der Waals surface area contributed by atoms with Gasteiger partial charge in [-0.2, -0.15) is 0 Å². The highest BCUT2D eigenvalue weighted by atomic mass is 19.2. The van der Waals surface area contributed by atoms with Gasteiger partial charge in [0.25, 0.3) is 0 Å². The molecule has 1 rings (SSSR count). The zero-order valence-corrected chi connectivity index (χ0v) is 12.5. The van der Waals surface area contributed by atoms with Crippen LogP contribution in [0.1, 0.15) is 51.5 Å². The molecular weight excluding hydrogens is 258 g/mol. The Balaban J connectivity index is 2.64. The molecule has 0 saturated carbocycles. The minimum Gasteiger partial charge on any atom is -0.271 e. The topological polar surface area (TPSA) is 38.0 Å². The second kappa shape index (κ2) is 9.03. The van der Waals surface area contributed by atoms with Gasteiger partial charge in [-0.3, -0.25) is 11.3 Å². The number of benzene rings is 1. The second-order valence-electron chi connectivity index (χ2n) is 5.43. The van der Waals surface area contributed by atoms with Gasteiger partial charge in [0.2, 0.25) is 0 Å². The molecule has 1 aromatic carbocycles. The molecule has 0 spiro atoms. The van der Waals surface area contributed by atoms with Crippen LogP contribution in [-0.4, -0.2) is 6.04 Å². The zero-order chi connectivity index (χ0) is 15.0. The van der Waals surface area contributed by atoms with Crippen LogP contribution in [0, 0.1) is 17.6 Å². The first-order valence-corrected chi connectivity index (χ1v) is 7.51. The minimum absolute atomic E-state index is 0.0203. The lowest BCUT2D eigenvalue weighted by molar-refractivity contribution is 0.346. The molecule has 0 heterocycles. The molecule has 0 aromatic heterocycles. The van der Waals surface area contributed by atoms with Gasteiger partial charge < -0.3 is 0 Å². The van der Waals surface area contributed by atoms with Crippen LogP contribution in [0.25, 0.3) is 0 Å². The standard InChI is InChI=1S/C16H26F2N2/c1-3-5-7-12(4-2)10-14(20-19)11-13-8-6-9-15(17)16(13)18/h6,8-9,12,14,20H,3-5,7,10-11,19H2,1-2H3. The van der Waals surface area contributed by atoms with Crippen molar-refractivity contribution in [2.75, 3.05) is 0 Å². The van der Waals surface area contributed by atoms with Crippen molar-refractivity contribution >= 4 is 0 Å². The zero-order valence-electron chi connectivity index (χ0n) is 12.5. The molecule has 1 aromatic rings. The summed E-state index contributed by atoms with van der Waals surface area (Å²) in [6, 6.07) is 4.28. The highest BCUT2D eigenvalue weighted by Crippen LogP contribution is 2.21. The summed E-state index contributed by atoms with van der Waals surface area (Å²) in [5.74, 6) is 4.60. The number of rotatable bonds is 9. The summed E-state index contributed by atoms with van der Waals surface area (Å²) in [6.07, 6.45) is 5.94. The Bertz CT molecular complexity index is 396. The third kappa shape index (κ3) is 5.17. The summed E-state index contributed by atoms with van der Waals surface area (Å²) in [5, 5.41) is 0. The van der Waals surface area contributed by atoms with E-state index in [2.05, 4.69) is 19.3 Å². The maximum absolute atomic E-state index is 13.7. The number of nitrogens with one attached hydrogen (secondary N) is 1. The molecule has 0 saturated heterocycles. The Morgan fingerprint density at radius 3 is 2.60 bits per heavy atom. The number of hydrogen-bond donors (Lipinski definition) is 2. The number of hydrazine groups is 1. The first-order chi connectivity index (χ1) is 9.62. The van der Waals surface area contributed by atoms with Crippen molar-refractivity contribution in [1.29, 1.82) is 0 Å². The molecule has 2 unspecified atom stereocenters. The highest BCUT2D eigenvalue weighted by Gasteiger charge is 2.17. The van der Waals surface area contributed by atoms with Gasteiger partial charge in [-0.25, -0.2) is 8.78 Å². The van der Waals surface area contributed by atoms with Crippen LogP contribution >= 0.6 is 0 Å². The minimum atomic E-state index is -0.795. The molecule has 4 heteroatoms. The number of halogens is 2. The van der Waals surface area contributed by atoms with E-state index in [-0.39, 0.29) is 6.04 Å². The van der Waals surface area contributed by atoms with E-state index in [1.807, 2.05) is 0 Å². The van der Waals surface area contributed by atoms with Crippen molar-refractivity contribution in [2.45, 2.75) is 58.4 Å². The maximum Gasteiger partial charge on any atom is 0.162 e. The molecule has 0 aliphatic heterocycles. The van der Waals surface area contributed by atoms with E-state index in [9.17, 15) is 8.78 Å². The Morgan fingerprint density at radius 1 is 1.25 bits per heavy atom. The van der Waals surface area contributed by atoms with Gasteiger partial charge in [0, 0.05) is 6.04 Å². The Labute approximate surface area is 120 Å². The molecular formula is C16H26F2N2. The van der Waals surface area contributed by atoms with Gasteiger partial charge in [0.15, 0.2) is 11.6 Å². The van der Waals surface area contributed by atoms with Gasteiger partial charge in [0.05, 0.1) is 0 Å². The highest BCUT2D eigenvalue weighted by molar-refractivity contribution is 5.20. The summed E-state index contributed by atoms with van der Waals surface area (Å²) in [5.41, 5.74) is 3.14. The van der Waals surface area contributed by atoms with E-state index < -0.39 is 11.6 Å². The van der Waals surface area contributed by atoms with Crippen LogP contribution in [0.5, 0.6) is 0 Å². The van der Waals surface area contributed by atoms with Crippen LogP contribution in [-0.2, 0) is 6.42 Å². The lowest BCUT2D eigenvalue weighted by atomic mass is 9.89. The van der Waals surface area contributed by atoms with Gasteiger partial charge in [-0.15, -0.1) is 0 Å². The van der Waals surface area contributed by atoms with Crippen LogP contribution in [0.3, 0.4) is 0 Å². The smallest absolute Gasteiger partial charge is 0.162 e. The fourth-order valence-corrected chi connectivity index (χ4v) is 2.57. The van der Waals surface area contributed by atoms with E-state index in [0.717, 1.165) is 25.3 Å². The molecule has 2 atom stereocenters. The van der Waals surface area contributed by atoms with Crippen LogP contribution in [0.15, 0.2) is 18.2 Å². The lowest BCUT2D eigenvalue weighted by Gasteiger charge is -2.22. The van der Waals surface area contributed by atoms with Crippen LogP contribution < -0.4 is 11.3 Å². The van der Waals surface area contributed by atoms with E-state index >= 15 is 0 Å². The largest absolute Gasteiger partial charge is 0.271 e. The summed E-state index contributed by atoms with van der Waals surface area (Å²) < 4.78 is 26.9. The van der Waals surface area contributed by atoms with Gasteiger partial charge >= 0.3 is 0 Å². The molecule has 2 nitrogen and oxygen atoms in total. The van der Waals surface area contributed by atoms with E-state index in [1.54, 1.807) is 6.07 Å². The van der Waals surface area contributed by atoms with Crippen molar-refractivity contribution in [3.63, 3.8) is 0 Å². The molecule has 0 aliphatic rings. The third-order valence-electron chi connectivity index (χ3n) is 3.89. The molecule has 0 amide bonds. The van der Waals surface area contributed by atoms with Crippen molar-refractivity contribution < 1.29 is 8.78 Å². The fraction of sp³-hybridized carbons (Fsp3) is 0.625. The number of unbranched alkanes of at least 4 members (excludes halogenated alkanes) is 1. The predicted octanol–water partition coefficient (Wildman–Crippen LogP) is 3.95. The summed E-state index contributed by atoms with van der Waals surface area (Å²) in [7, 11) is 0. The van der Waals surface area contributed by atoms with Crippen molar-refractivity contribution in [3.8, 4) is 0 Å². The number of hydrogen-bond acceptors (Lipinski definition) is 2. The molecule has 20 heavy (non-hydrogen) atoms. The van der Waals surface area contributed by atoms with E-state index in [4.69, 9.17) is 5.84 Å². The quantitative estimate of drug-likeness (QED) is 0.532. The second-order valence-corrected chi connectivity index (χ2v) is 5.43. The van der Waals surface area contributed by atoms with Crippen molar-refractivity contribution in [2.24, 2.45) is 11.8 Å². The Hall–Kier alpha value is -1.00. The van der Waals surface area contributed by atoms with Crippen molar-refractivity contribution in [1.82, 2.24) is 5.43 Å². The summed E-state index contributed by atoms with van der Waals surface area (Å²) in [4.78, 5) is 0.